The standard InChI is InChI=1S/C19H27N3O2/c1-14(17-12-20-13-17)18(23)21-11-15-5-7-16(8-6-15)19(24)22-9-3-2-4-10-22/h5-8,14,17,20H,2-4,9-13H2,1H3,(H,21,23). The molecule has 2 heterocycles. The predicted octanol–water partition coefficient (Wildman–Crippen LogP) is 1.78. The number of hydrogen-bond donors (Lipinski definition) is 2. The van der Waals surface area contributed by atoms with Crippen LogP contribution in [0.4, 0.5) is 0 Å². The molecule has 2 N–H and O–H groups in total. The van der Waals surface area contributed by atoms with Crippen LogP contribution in [0.3, 0.4) is 0 Å². The van der Waals surface area contributed by atoms with Crippen molar-refractivity contribution in [3.8, 4) is 0 Å². The van der Waals surface area contributed by atoms with Crippen LogP contribution < -0.4 is 10.6 Å². The number of carbonyl (C=O) groups is 2. The van der Waals surface area contributed by atoms with Gasteiger partial charge in [-0.1, -0.05) is 19.1 Å². The maximum atomic E-state index is 12.4. The van der Waals surface area contributed by atoms with Crippen LogP contribution >= 0.6 is 0 Å². The molecule has 2 saturated heterocycles. The van der Waals surface area contributed by atoms with Crippen LogP contribution in [0.25, 0.3) is 0 Å². The number of benzene rings is 1. The van der Waals surface area contributed by atoms with Gasteiger partial charge in [-0.15, -0.1) is 0 Å². The third-order valence-electron chi connectivity index (χ3n) is 5.24. The van der Waals surface area contributed by atoms with E-state index in [2.05, 4.69) is 10.6 Å². The summed E-state index contributed by atoms with van der Waals surface area (Å²) >= 11 is 0. The molecule has 1 aromatic rings. The van der Waals surface area contributed by atoms with Crippen molar-refractivity contribution in [1.29, 1.82) is 0 Å². The molecule has 1 atom stereocenters. The summed E-state index contributed by atoms with van der Waals surface area (Å²) < 4.78 is 0. The molecule has 3 rings (SSSR count). The Labute approximate surface area is 143 Å². The third-order valence-corrected chi connectivity index (χ3v) is 5.24. The van der Waals surface area contributed by atoms with E-state index in [0.29, 0.717) is 12.5 Å². The first-order chi connectivity index (χ1) is 11.6. The quantitative estimate of drug-likeness (QED) is 0.866. The van der Waals surface area contributed by atoms with Gasteiger partial charge in [-0.2, -0.15) is 0 Å². The van der Waals surface area contributed by atoms with Crippen molar-refractivity contribution in [2.24, 2.45) is 11.8 Å². The molecule has 2 amide bonds. The molecule has 0 radical (unpaired) electrons. The Bertz CT molecular complexity index is 575. The van der Waals surface area contributed by atoms with Gasteiger partial charge in [0, 0.05) is 31.1 Å². The zero-order valence-corrected chi connectivity index (χ0v) is 14.4. The second-order valence-electron chi connectivity index (χ2n) is 6.97. The van der Waals surface area contributed by atoms with Gasteiger partial charge in [-0.25, -0.2) is 0 Å². The molecule has 0 spiro atoms. The van der Waals surface area contributed by atoms with Crippen molar-refractivity contribution in [1.82, 2.24) is 15.5 Å². The van der Waals surface area contributed by atoms with Crippen LogP contribution in [0.1, 0.15) is 42.1 Å². The van der Waals surface area contributed by atoms with Crippen LogP contribution in [-0.4, -0.2) is 42.9 Å². The van der Waals surface area contributed by atoms with Crippen molar-refractivity contribution in [2.75, 3.05) is 26.2 Å². The lowest BCUT2D eigenvalue weighted by atomic mass is 9.88. The number of piperidine rings is 1. The fraction of sp³-hybridized carbons (Fsp3) is 0.579. The lowest BCUT2D eigenvalue weighted by Gasteiger charge is -2.31. The Morgan fingerprint density at radius 3 is 2.42 bits per heavy atom. The van der Waals surface area contributed by atoms with E-state index in [0.717, 1.165) is 50.1 Å². The van der Waals surface area contributed by atoms with Crippen molar-refractivity contribution in [2.45, 2.75) is 32.7 Å². The highest BCUT2D eigenvalue weighted by Crippen LogP contribution is 2.16. The van der Waals surface area contributed by atoms with E-state index in [-0.39, 0.29) is 17.7 Å². The Balaban J connectivity index is 1.50. The average molecular weight is 329 g/mol. The van der Waals surface area contributed by atoms with Crippen molar-refractivity contribution < 1.29 is 9.59 Å². The lowest BCUT2D eigenvalue weighted by Crippen LogP contribution is -2.49. The summed E-state index contributed by atoms with van der Waals surface area (Å²) in [5.41, 5.74) is 1.76. The minimum absolute atomic E-state index is 0.0474. The highest BCUT2D eigenvalue weighted by Gasteiger charge is 2.28. The third kappa shape index (κ3) is 3.96. The van der Waals surface area contributed by atoms with Crippen LogP contribution in [0, 0.1) is 11.8 Å². The fourth-order valence-electron chi connectivity index (χ4n) is 3.27. The molecule has 0 aromatic heterocycles. The largest absolute Gasteiger partial charge is 0.352 e. The van der Waals surface area contributed by atoms with Crippen LogP contribution in [0.5, 0.6) is 0 Å². The molecule has 0 bridgehead atoms. The predicted molar refractivity (Wildman–Crippen MR) is 93.6 cm³/mol. The fourth-order valence-corrected chi connectivity index (χ4v) is 3.27. The zero-order chi connectivity index (χ0) is 16.9. The molecule has 24 heavy (non-hydrogen) atoms. The van der Waals surface area contributed by atoms with Gasteiger partial charge in [-0.3, -0.25) is 9.59 Å². The molecular weight excluding hydrogens is 302 g/mol. The Morgan fingerprint density at radius 1 is 1.17 bits per heavy atom. The van der Waals surface area contributed by atoms with Gasteiger partial charge < -0.3 is 15.5 Å². The highest BCUT2D eigenvalue weighted by molar-refractivity contribution is 5.94. The number of nitrogens with one attached hydrogen (secondary N) is 2. The van der Waals surface area contributed by atoms with E-state index in [1.165, 1.54) is 6.42 Å². The SMILES string of the molecule is CC(C(=O)NCc1ccc(C(=O)N2CCCCC2)cc1)C1CNC1. The number of nitrogens with zero attached hydrogens (tertiary/aromatic N) is 1. The van der Waals surface area contributed by atoms with E-state index in [9.17, 15) is 9.59 Å². The van der Waals surface area contributed by atoms with Gasteiger partial charge in [0.2, 0.25) is 5.91 Å². The summed E-state index contributed by atoms with van der Waals surface area (Å²) in [5, 5.41) is 6.20. The Morgan fingerprint density at radius 2 is 1.83 bits per heavy atom. The number of hydrogen-bond acceptors (Lipinski definition) is 3. The topological polar surface area (TPSA) is 61.4 Å². The Hall–Kier alpha value is -1.88. The van der Waals surface area contributed by atoms with E-state index >= 15 is 0 Å². The number of rotatable bonds is 5. The van der Waals surface area contributed by atoms with Crippen LogP contribution in [-0.2, 0) is 11.3 Å². The molecule has 2 fully saturated rings. The van der Waals surface area contributed by atoms with Gasteiger partial charge in [0.25, 0.3) is 5.91 Å². The van der Waals surface area contributed by atoms with Crippen molar-refractivity contribution in [3.63, 3.8) is 0 Å². The van der Waals surface area contributed by atoms with Crippen molar-refractivity contribution in [3.05, 3.63) is 35.4 Å². The second kappa shape index (κ2) is 7.79. The van der Waals surface area contributed by atoms with Crippen LogP contribution in [0.15, 0.2) is 24.3 Å². The first-order valence-electron chi connectivity index (χ1n) is 9.02. The first-order valence-corrected chi connectivity index (χ1v) is 9.02. The minimum atomic E-state index is 0.0474. The molecule has 5 nitrogen and oxygen atoms in total. The zero-order valence-electron chi connectivity index (χ0n) is 14.4. The van der Waals surface area contributed by atoms with Gasteiger partial charge >= 0.3 is 0 Å². The maximum absolute atomic E-state index is 12.4. The number of carbonyl (C=O) groups excluding carboxylic acids is 2. The van der Waals surface area contributed by atoms with Gasteiger partial charge in [0.1, 0.15) is 0 Å². The van der Waals surface area contributed by atoms with E-state index < -0.39 is 0 Å². The number of likely N-dealkylation sites (tertiary alicyclic amines) is 1. The summed E-state index contributed by atoms with van der Waals surface area (Å²) in [5.74, 6) is 0.729. The summed E-state index contributed by atoms with van der Waals surface area (Å²) in [6.45, 7) is 6.10. The highest BCUT2D eigenvalue weighted by atomic mass is 16.2. The van der Waals surface area contributed by atoms with E-state index in [4.69, 9.17) is 0 Å². The second-order valence-corrected chi connectivity index (χ2v) is 6.97. The summed E-state index contributed by atoms with van der Waals surface area (Å²) in [4.78, 5) is 26.5. The van der Waals surface area contributed by atoms with Crippen molar-refractivity contribution >= 4 is 11.8 Å². The van der Waals surface area contributed by atoms with E-state index in [1.807, 2.05) is 36.1 Å². The Kier molecular flexibility index (Phi) is 5.51. The molecule has 2 aliphatic rings. The maximum Gasteiger partial charge on any atom is 0.253 e. The summed E-state index contributed by atoms with van der Waals surface area (Å²) in [6.07, 6.45) is 3.42. The first kappa shape index (κ1) is 17.0. The molecule has 1 unspecified atom stereocenters. The van der Waals surface area contributed by atoms with E-state index in [1.54, 1.807) is 0 Å². The summed E-state index contributed by atoms with van der Waals surface area (Å²) in [6, 6.07) is 7.62. The molecule has 1 aromatic carbocycles. The molecular formula is C19H27N3O2. The minimum Gasteiger partial charge on any atom is -0.352 e. The van der Waals surface area contributed by atoms with Crippen LogP contribution in [0.2, 0.25) is 0 Å². The number of amides is 2. The summed E-state index contributed by atoms with van der Waals surface area (Å²) in [7, 11) is 0. The lowest BCUT2D eigenvalue weighted by molar-refractivity contribution is -0.126. The van der Waals surface area contributed by atoms with Gasteiger partial charge in [0.05, 0.1) is 0 Å². The molecule has 5 heteroatoms. The molecule has 130 valence electrons. The smallest absolute Gasteiger partial charge is 0.253 e. The molecule has 0 saturated carbocycles. The molecule has 2 aliphatic heterocycles. The van der Waals surface area contributed by atoms with Gasteiger partial charge in [0.15, 0.2) is 0 Å². The molecule has 0 aliphatic carbocycles. The normalized spacial score (nSPS) is 19.5. The monoisotopic (exact) mass is 329 g/mol. The van der Waals surface area contributed by atoms with Gasteiger partial charge in [-0.05, 0) is 56.0 Å². The average Bonchev–Trinajstić information content (AvgIpc) is 2.58.